The maximum Gasteiger partial charge on any atom is 0.471 e. The molecule has 3 aromatic rings. The number of benzene rings is 1. The maximum atomic E-state index is 11.2. The summed E-state index contributed by atoms with van der Waals surface area (Å²) >= 11 is 8.76. The van der Waals surface area contributed by atoms with Crippen LogP contribution in [0.5, 0.6) is 0 Å². The van der Waals surface area contributed by atoms with E-state index in [1.807, 2.05) is 39.0 Å². The van der Waals surface area contributed by atoms with Crippen LogP contribution in [0.3, 0.4) is 0 Å². The number of phosphoric acid groups is 1. The first-order valence-electron chi connectivity index (χ1n) is 10.4. The van der Waals surface area contributed by atoms with Crippen LogP contribution >= 0.6 is 42.5 Å². The molecule has 14 heteroatoms. The Bertz CT molecular complexity index is 1250. The van der Waals surface area contributed by atoms with Gasteiger partial charge in [-0.1, -0.05) is 66.7 Å². The number of halogens is 1. The highest BCUT2D eigenvalue weighted by atomic mass is 35.5. The Labute approximate surface area is 210 Å². The molecule has 0 aliphatic carbocycles. The number of nitrogens with zero attached hydrogens (tertiary/aromatic N) is 3. The number of thiazole rings is 1. The molecular weight excluding hydrogens is 521 g/mol. The van der Waals surface area contributed by atoms with Crippen LogP contribution in [-0.4, -0.2) is 42.1 Å². The van der Waals surface area contributed by atoms with Crippen LogP contribution in [-0.2, 0) is 15.8 Å². The number of thioether (sulfide) groups is 1. The third kappa shape index (κ3) is 7.02. The molecule has 0 saturated heterocycles. The van der Waals surface area contributed by atoms with Crippen LogP contribution in [0.15, 0.2) is 29.4 Å². The number of hydrogen-bond donors (Lipinski definition) is 5. The molecule has 0 fully saturated rings. The number of aromatic nitrogens is 3. The molecule has 2 unspecified atom stereocenters. The quantitative estimate of drug-likeness (QED) is 0.134. The van der Waals surface area contributed by atoms with Gasteiger partial charge in [0.25, 0.3) is 0 Å². The van der Waals surface area contributed by atoms with Crippen molar-refractivity contribution in [3.8, 4) is 0 Å². The summed E-state index contributed by atoms with van der Waals surface area (Å²) in [4.78, 5) is 27.5. The van der Waals surface area contributed by atoms with Crippen LogP contribution in [0.4, 0.5) is 5.82 Å². The molecule has 3 rings (SSSR count). The Hall–Kier alpha value is -1.50. The Morgan fingerprint density at radius 2 is 2.00 bits per heavy atom. The Kier molecular flexibility index (Phi) is 9.16. The van der Waals surface area contributed by atoms with E-state index in [4.69, 9.17) is 26.8 Å². The van der Waals surface area contributed by atoms with Crippen molar-refractivity contribution in [1.29, 1.82) is 5.41 Å². The largest absolute Gasteiger partial charge is 0.471 e. The predicted octanol–water partition coefficient (Wildman–Crippen LogP) is 4.36. The standard InChI is InChI=1S/C20H27ClN5O5PS2/c1-11(2)8-13(9-27)23-17-16-18(26(19(22)34-16)10-31-32(28,29)30)25-20(24-17)33-12(3)14-6-4-5-7-15(14)21/h4-7,11-13,22,27H,8-10H2,1-3H3,(H,23,24,25)(H2,28,29,30). The molecule has 0 aliphatic heterocycles. The van der Waals surface area contributed by atoms with Crippen LogP contribution in [0.1, 0.15) is 38.0 Å². The lowest BCUT2D eigenvalue weighted by atomic mass is 10.0. The number of fused-ring (bicyclic) bond motifs is 1. The number of aliphatic hydroxyl groups excluding tert-OH is 1. The van der Waals surface area contributed by atoms with Crippen LogP contribution in [0.25, 0.3) is 10.3 Å². The molecule has 0 aliphatic rings. The van der Waals surface area contributed by atoms with E-state index < -0.39 is 14.6 Å². The molecule has 1 aromatic carbocycles. The van der Waals surface area contributed by atoms with Gasteiger partial charge >= 0.3 is 7.82 Å². The molecule has 0 saturated carbocycles. The fourth-order valence-electron chi connectivity index (χ4n) is 3.31. The second kappa shape index (κ2) is 11.5. The van der Waals surface area contributed by atoms with Crippen molar-refractivity contribution in [2.45, 2.75) is 50.4 Å². The van der Waals surface area contributed by atoms with Crippen LogP contribution < -0.4 is 10.1 Å². The highest BCUT2D eigenvalue weighted by molar-refractivity contribution is 7.99. The third-order valence-corrected chi connectivity index (χ3v) is 7.61. The number of rotatable bonds is 11. The van der Waals surface area contributed by atoms with Crippen LogP contribution in [0.2, 0.25) is 5.02 Å². The molecule has 10 nitrogen and oxygen atoms in total. The average Bonchev–Trinajstić information content (AvgIpc) is 3.06. The predicted molar refractivity (Wildman–Crippen MR) is 134 cm³/mol. The third-order valence-electron chi connectivity index (χ3n) is 4.82. The van der Waals surface area contributed by atoms with Crippen molar-refractivity contribution in [3.63, 3.8) is 0 Å². The first kappa shape index (κ1) is 27.1. The van der Waals surface area contributed by atoms with Crippen molar-refractivity contribution in [2.75, 3.05) is 11.9 Å². The second-order valence-electron chi connectivity index (χ2n) is 8.03. The smallest absolute Gasteiger partial charge is 0.394 e. The Morgan fingerprint density at radius 3 is 2.62 bits per heavy atom. The molecule has 0 spiro atoms. The van der Waals surface area contributed by atoms with E-state index in [0.717, 1.165) is 16.9 Å². The minimum Gasteiger partial charge on any atom is -0.394 e. The van der Waals surface area contributed by atoms with Crippen molar-refractivity contribution in [1.82, 2.24) is 14.5 Å². The monoisotopic (exact) mass is 547 g/mol. The van der Waals surface area contributed by atoms with Gasteiger partial charge in [-0.25, -0.2) is 14.5 Å². The minimum absolute atomic E-state index is 0.00786. The van der Waals surface area contributed by atoms with Gasteiger partial charge < -0.3 is 20.2 Å². The summed E-state index contributed by atoms with van der Waals surface area (Å²) in [7, 11) is -4.75. The van der Waals surface area contributed by atoms with Gasteiger partial charge in [0, 0.05) is 10.3 Å². The van der Waals surface area contributed by atoms with Crippen molar-refractivity contribution >= 4 is 58.7 Å². The summed E-state index contributed by atoms with van der Waals surface area (Å²) in [6.07, 6.45) is 0.695. The van der Waals surface area contributed by atoms with Crippen molar-refractivity contribution < 1.29 is 24.0 Å². The molecule has 0 radical (unpaired) electrons. The zero-order valence-corrected chi connectivity index (χ0v) is 22.1. The highest BCUT2D eigenvalue weighted by Gasteiger charge is 2.22. The number of anilines is 1. The minimum atomic E-state index is -4.75. The Balaban J connectivity index is 2.06. The van der Waals surface area contributed by atoms with Gasteiger partial charge in [-0.3, -0.25) is 14.5 Å². The lowest BCUT2D eigenvalue weighted by Crippen LogP contribution is -2.26. The van der Waals surface area contributed by atoms with Crippen LogP contribution in [0, 0.1) is 11.3 Å². The van der Waals surface area contributed by atoms with Crippen molar-refractivity contribution in [3.05, 3.63) is 39.7 Å². The van der Waals surface area contributed by atoms with Gasteiger partial charge in [0.2, 0.25) is 0 Å². The molecule has 34 heavy (non-hydrogen) atoms. The molecular formula is C20H27ClN5O5PS2. The molecule has 2 aromatic heterocycles. The molecule has 2 heterocycles. The number of phosphoric ester groups is 1. The normalized spacial score (nSPS) is 14.0. The first-order valence-corrected chi connectivity index (χ1v) is 14.0. The van der Waals surface area contributed by atoms with E-state index in [2.05, 4.69) is 19.8 Å². The van der Waals surface area contributed by atoms with Gasteiger partial charge in [0.05, 0.1) is 12.6 Å². The molecule has 5 N–H and O–H groups in total. The van der Waals surface area contributed by atoms with Gasteiger partial charge in [0.1, 0.15) is 11.4 Å². The second-order valence-corrected chi connectivity index (χ2v) is 12.0. The summed E-state index contributed by atoms with van der Waals surface area (Å²) in [6.45, 7) is 5.41. The molecule has 186 valence electrons. The van der Waals surface area contributed by atoms with E-state index in [-0.39, 0.29) is 22.7 Å². The summed E-state index contributed by atoms with van der Waals surface area (Å²) < 4.78 is 17.7. The average molecular weight is 548 g/mol. The van der Waals surface area contributed by atoms with E-state index in [1.54, 1.807) is 6.07 Å². The van der Waals surface area contributed by atoms with Gasteiger partial charge in [-0.2, -0.15) is 0 Å². The summed E-state index contributed by atoms with van der Waals surface area (Å²) in [5, 5.41) is 22.3. The fourth-order valence-corrected chi connectivity index (χ4v) is 5.77. The van der Waals surface area contributed by atoms with Gasteiger partial charge in [-0.15, -0.1) is 0 Å². The lowest BCUT2D eigenvalue weighted by molar-refractivity contribution is 0.154. The number of hydrogen-bond acceptors (Lipinski definition) is 9. The molecule has 0 amide bonds. The Morgan fingerprint density at radius 1 is 1.29 bits per heavy atom. The van der Waals surface area contributed by atoms with E-state index in [9.17, 15) is 9.67 Å². The van der Waals surface area contributed by atoms with Crippen molar-refractivity contribution in [2.24, 2.45) is 5.92 Å². The van der Waals surface area contributed by atoms with E-state index >= 15 is 0 Å². The number of nitrogens with one attached hydrogen (secondary N) is 2. The molecule has 0 bridgehead atoms. The summed E-state index contributed by atoms with van der Waals surface area (Å²) in [5.41, 5.74) is 1.21. The molecule has 2 atom stereocenters. The fraction of sp³-hybridized carbons (Fsp3) is 0.450. The topological polar surface area (TPSA) is 154 Å². The highest BCUT2D eigenvalue weighted by Crippen LogP contribution is 2.39. The first-order chi connectivity index (χ1) is 16.0. The zero-order valence-electron chi connectivity index (χ0n) is 18.8. The van der Waals surface area contributed by atoms with E-state index in [0.29, 0.717) is 38.7 Å². The summed E-state index contributed by atoms with van der Waals surface area (Å²) in [5.74, 6) is 0.764. The van der Waals surface area contributed by atoms with E-state index in [1.165, 1.54) is 16.3 Å². The van der Waals surface area contributed by atoms with Gasteiger partial charge in [-0.05, 0) is 30.9 Å². The SMILES string of the molecule is CC(C)CC(CO)Nc1nc(SC(C)c2ccccc2Cl)nc2c1sc(=N)n2COP(=O)(O)O. The summed E-state index contributed by atoms with van der Waals surface area (Å²) in [6, 6.07) is 7.20. The zero-order chi connectivity index (χ0) is 25.0. The maximum absolute atomic E-state index is 11.2. The van der Waals surface area contributed by atoms with Gasteiger partial charge in [0.15, 0.2) is 21.4 Å². The number of aliphatic hydroxyl groups is 1. The lowest BCUT2D eigenvalue weighted by Gasteiger charge is -2.20.